The van der Waals surface area contributed by atoms with Crippen LogP contribution in [0.25, 0.3) is 98.8 Å². The second-order valence-electron chi connectivity index (χ2n) is 20.8. The summed E-state index contributed by atoms with van der Waals surface area (Å²) in [5.41, 5.74) is 20.3. The number of para-hydroxylation sites is 6. The lowest BCUT2D eigenvalue weighted by Crippen LogP contribution is -2.25. The first-order valence-corrected chi connectivity index (χ1v) is 26.2. The standard InChI is InChI=1S/C72H50N2O2/c1-45-51-41-39-49(74(63-35-15-13-27-52(63)46-21-7-4-8-22-46)65-37-19-32-56-54-28-14-16-38-66(54)75-70(56)65)43-60(51)55-30-18-34-61-68(55)67(45)59-42-40-50(44-62(59)72(61,2)3)73(48-25-11-6-12-26-48)64-36-20-33-58-57-31-17-29-53(69(57)76-71(58)64)47-23-9-5-10-24-47/h4-44H,1-3H3. The highest BCUT2D eigenvalue weighted by molar-refractivity contribution is 6.20. The van der Waals surface area contributed by atoms with Gasteiger partial charge in [0.2, 0.25) is 0 Å². The van der Waals surface area contributed by atoms with Gasteiger partial charge in [-0.3, -0.25) is 0 Å². The minimum atomic E-state index is -0.356. The molecule has 12 aromatic carbocycles. The lowest BCUT2D eigenvalue weighted by atomic mass is 9.67. The van der Waals surface area contributed by atoms with Crippen molar-refractivity contribution in [2.75, 3.05) is 9.80 Å². The molecule has 14 aromatic rings. The molecule has 0 radical (unpaired) electrons. The summed E-state index contributed by atoms with van der Waals surface area (Å²) in [4.78, 5) is 4.78. The van der Waals surface area contributed by atoms with Gasteiger partial charge in [0.1, 0.15) is 11.2 Å². The second-order valence-corrected chi connectivity index (χ2v) is 20.8. The van der Waals surface area contributed by atoms with Gasteiger partial charge in [-0.05, 0) is 128 Å². The monoisotopic (exact) mass is 974 g/mol. The number of fused-ring (bicyclic) bond motifs is 10. The van der Waals surface area contributed by atoms with Crippen LogP contribution in [0.1, 0.15) is 30.5 Å². The van der Waals surface area contributed by atoms with Crippen LogP contribution in [0.5, 0.6) is 0 Å². The molecular formula is C72H50N2O2. The van der Waals surface area contributed by atoms with Crippen molar-refractivity contribution in [3.05, 3.63) is 265 Å². The summed E-state index contributed by atoms with van der Waals surface area (Å²) in [7, 11) is 0. The zero-order valence-corrected chi connectivity index (χ0v) is 42.4. The molecule has 0 N–H and O–H groups in total. The molecule has 1 aliphatic rings. The van der Waals surface area contributed by atoms with Crippen molar-refractivity contribution >= 4 is 99.5 Å². The van der Waals surface area contributed by atoms with Crippen LogP contribution in [-0.2, 0) is 5.41 Å². The van der Waals surface area contributed by atoms with Crippen molar-refractivity contribution in [2.24, 2.45) is 0 Å². The fraction of sp³-hybridized carbons (Fsp3) is 0.0556. The van der Waals surface area contributed by atoms with E-state index in [0.29, 0.717) is 0 Å². The number of hydrogen-bond acceptors (Lipinski definition) is 4. The number of benzene rings is 12. The van der Waals surface area contributed by atoms with E-state index in [4.69, 9.17) is 8.83 Å². The molecule has 0 fully saturated rings. The van der Waals surface area contributed by atoms with Gasteiger partial charge in [-0.25, -0.2) is 0 Å². The van der Waals surface area contributed by atoms with E-state index in [1.54, 1.807) is 0 Å². The summed E-state index contributed by atoms with van der Waals surface area (Å²) in [5, 5.41) is 9.39. The normalized spacial score (nSPS) is 12.8. The Kier molecular flexibility index (Phi) is 9.79. The molecule has 4 nitrogen and oxygen atoms in total. The minimum Gasteiger partial charge on any atom is -0.454 e. The third-order valence-corrected chi connectivity index (χ3v) is 16.2. The molecule has 1 aliphatic carbocycles. The van der Waals surface area contributed by atoms with Crippen molar-refractivity contribution in [3.63, 3.8) is 0 Å². The van der Waals surface area contributed by atoms with Gasteiger partial charge in [0.25, 0.3) is 0 Å². The molecule has 2 aromatic heterocycles. The fourth-order valence-electron chi connectivity index (χ4n) is 12.7. The van der Waals surface area contributed by atoms with E-state index >= 15 is 0 Å². The van der Waals surface area contributed by atoms with Crippen molar-refractivity contribution in [3.8, 4) is 33.4 Å². The molecule has 76 heavy (non-hydrogen) atoms. The quantitative estimate of drug-likeness (QED) is 0.142. The predicted octanol–water partition coefficient (Wildman–Crippen LogP) is 20.7. The number of hydrogen-bond donors (Lipinski definition) is 0. The van der Waals surface area contributed by atoms with Crippen LogP contribution in [0, 0.1) is 6.92 Å². The summed E-state index contributed by atoms with van der Waals surface area (Å²) in [6, 6.07) is 89.8. The molecular weight excluding hydrogens is 925 g/mol. The molecule has 0 unspecified atom stereocenters. The van der Waals surface area contributed by atoms with Crippen molar-refractivity contribution in [1.29, 1.82) is 0 Å². The van der Waals surface area contributed by atoms with Gasteiger partial charge in [-0.2, -0.15) is 0 Å². The first kappa shape index (κ1) is 43.9. The molecule has 2 heterocycles. The van der Waals surface area contributed by atoms with Crippen molar-refractivity contribution in [1.82, 2.24) is 0 Å². The van der Waals surface area contributed by atoms with Crippen LogP contribution in [-0.4, -0.2) is 0 Å². The van der Waals surface area contributed by atoms with Crippen LogP contribution in [0.4, 0.5) is 34.1 Å². The highest BCUT2D eigenvalue weighted by Crippen LogP contribution is 2.55. The highest BCUT2D eigenvalue weighted by atomic mass is 16.3. The van der Waals surface area contributed by atoms with Gasteiger partial charge >= 0.3 is 0 Å². The van der Waals surface area contributed by atoms with Crippen LogP contribution in [0.3, 0.4) is 0 Å². The zero-order valence-electron chi connectivity index (χ0n) is 42.4. The number of aryl methyl sites for hydroxylation is 1. The Morgan fingerprint density at radius 3 is 1.64 bits per heavy atom. The van der Waals surface area contributed by atoms with E-state index in [1.807, 2.05) is 6.07 Å². The molecule has 0 saturated heterocycles. The number of nitrogens with zero attached hydrogens (tertiary/aromatic N) is 2. The van der Waals surface area contributed by atoms with Gasteiger partial charge in [0, 0.05) is 55.1 Å². The summed E-state index contributed by atoms with van der Waals surface area (Å²) < 4.78 is 13.9. The van der Waals surface area contributed by atoms with E-state index in [0.717, 1.165) is 100 Å². The number of rotatable bonds is 8. The second kappa shape index (κ2) is 17.0. The van der Waals surface area contributed by atoms with Gasteiger partial charge in [0.15, 0.2) is 11.2 Å². The van der Waals surface area contributed by atoms with E-state index in [2.05, 4.69) is 273 Å². The Morgan fingerprint density at radius 2 is 0.868 bits per heavy atom. The van der Waals surface area contributed by atoms with E-state index < -0.39 is 0 Å². The van der Waals surface area contributed by atoms with Crippen molar-refractivity contribution < 1.29 is 8.83 Å². The average molecular weight is 975 g/mol. The summed E-state index contributed by atoms with van der Waals surface area (Å²) >= 11 is 0. The van der Waals surface area contributed by atoms with E-state index in [-0.39, 0.29) is 5.41 Å². The van der Waals surface area contributed by atoms with Crippen LogP contribution in [0.15, 0.2) is 258 Å². The van der Waals surface area contributed by atoms with E-state index in [9.17, 15) is 0 Å². The summed E-state index contributed by atoms with van der Waals surface area (Å²) in [6.45, 7) is 7.12. The fourth-order valence-corrected chi connectivity index (χ4v) is 12.7. The molecule has 360 valence electrons. The molecule has 0 spiro atoms. The summed E-state index contributed by atoms with van der Waals surface area (Å²) in [6.07, 6.45) is 0. The maximum Gasteiger partial charge on any atom is 0.159 e. The maximum atomic E-state index is 7.07. The van der Waals surface area contributed by atoms with Gasteiger partial charge in [-0.1, -0.05) is 202 Å². The lowest BCUT2D eigenvalue weighted by Gasteiger charge is -2.37. The first-order valence-electron chi connectivity index (χ1n) is 26.2. The Balaban J connectivity index is 0.924. The van der Waals surface area contributed by atoms with Gasteiger partial charge < -0.3 is 18.6 Å². The third-order valence-electron chi connectivity index (χ3n) is 16.2. The van der Waals surface area contributed by atoms with Crippen molar-refractivity contribution in [2.45, 2.75) is 26.2 Å². The number of furan rings is 2. The average Bonchev–Trinajstić information content (AvgIpc) is 4.14. The topological polar surface area (TPSA) is 32.8 Å². The predicted molar refractivity (Wildman–Crippen MR) is 319 cm³/mol. The molecule has 4 heteroatoms. The Labute approximate surface area is 440 Å². The summed E-state index contributed by atoms with van der Waals surface area (Å²) in [5.74, 6) is 0. The molecule has 0 saturated carbocycles. The first-order chi connectivity index (χ1) is 37.4. The lowest BCUT2D eigenvalue weighted by molar-refractivity contribution is 0.645. The van der Waals surface area contributed by atoms with Gasteiger partial charge in [0.05, 0.1) is 17.1 Å². The van der Waals surface area contributed by atoms with Crippen LogP contribution >= 0.6 is 0 Å². The third kappa shape index (κ3) is 6.57. The zero-order chi connectivity index (χ0) is 50.6. The Morgan fingerprint density at radius 1 is 0.329 bits per heavy atom. The number of anilines is 6. The van der Waals surface area contributed by atoms with Gasteiger partial charge in [-0.15, -0.1) is 0 Å². The maximum absolute atomic E-state index is 7.07. The molecule has 15 rings (SSSR count). The SMILES string of the molecule is Cc1c2c3c(cccc3c3cc(N(c4ccccc4-c4ccccc4)c4cccc5c4oc4ccccc45)ccc13)C(C)(C)c1cc(N(c3ccccc3)c3cccc4c3oc3c(-c5ccccc5)cccc34)ccc1-2. The molecule has 0 amide bonds. The van der Waals surface area contributed by atoms with E-state index in [1.165, 1.54) is 49.4 Å². The Hall–Kier alpha value is -9.64. The van der Waals surface area contributed by atoms with Crippen LogP contribution < -0.4 is 9.80 Å². The Bertz CT molecular complexity index is 4630. The highest BCUT2D eigenvalue weighted by Gasteiger charge is 2.36. The molecule has 0 aliphatic heterocycles. The minimum absolute atomic E-state index is 0.356. The van der Waals surface area contributed by atoms with Crippen LogP contribution in [0.2, 0.25) is 0 Å². The molecule has 0 atom stereocenters. The smallest absolute Gasteiger partial charge is 0.159 e. The largest absolute Gasteiger partial charge is 0.454 e. The molecule has 0 bridgehead atoms.